The maximum atomic E-state index is 12.7. The van der Waals surface area contributed by atoms with Gasteiger partial charge in [0.1, 0.15) is 11.8 Å². The van der Waals surface area contributed by atoms with Crippen LogP contribution in [0.3, 0.4) is 0 Å². The molecular formula is C20H28N4O3. The second-order valence-electron chi connectivity index (χ2n) is 7.74. The van der Waals surface area contributed by atoms with E-state index in [-0.39, 0.29) is 18.0 Å². The van der Waals surface area contributed by atoms with Crippen LogP contribution in [0.25, 0.3) is 0 Å². The Hall–Kier alpha value is -2.28. The third kappa shape index (κ3) is 4.03. The number of piperazine rings is 2. The number of nitrogens with one attached hydrogen (secondary N) is 1. The predicted octanol–water partition coefficient (Wildman–Crippen LogP) is 2.00. The summed E-state index contributed by atoms with van der Waals surface area (Å²) >= 11 is 0. The van der Waals surface area contributed by atoms with Gasteiger partial charge < -0.3 is 19.9 Å². The molecule has 7 nitrogen and oxygen atoms in total. The van der Waals surface area contributed by atoms with Gasteiger partial charge in [0.05, 0.1) is 6.10 Å². The first-order valence-electron chi connectivity index (χ1n) is 9.92. The monoisotopic (exact) mass is 372 g/mol. The highest BCUT2D eigenvalue weighted by atomic mass is 16.5. The number of carbonyl (C=O) groups excluding carboxylic acids is 2. The largest absolute Gasteiger partial charge is 0.490 e. The predicted molar refractivity (Wildman–Crippen MR) is 103 cm³/mol. The van der Waals surface area contributed by atoms with Gasteiger partial charge in [-0.2, -0.15) is 0 Å². The Morgan fingerprint density at radius 2 is 1.93 bits per heavy atom. The van der Waals surface area contributed by atoms with Gasteiger partial charge in [0, 0.05) is 51.5 Å². The summed E-state index contributed by atoms with van der Waals surface area (Å²) in [6.45, 7) is 3.45. The molecule has 0 spiro atoms. The van der Waals surface area contributed by atoms with Crippen molar-refractivity contribution in [3.05, 3.63) is 24.3 Å². The van der Waals surface area contributed by atoms with Crippen molar-refractivity contribution in [3.63, 3.8) is 0 Å². The molecule has 1 atom stereocenters. The highest BCUT2D eigenvalue weighted by Crippen LogP contribution is 2.26. The summed E-state index contributed by atoms with van der Waals surface area (Å²) < 4.78 is 6.02. The van der Waals surface area contributed by atoms with Crippen LogP contribution in [0.4, 0.5) is 10.5 Å². The standard InChI is InChI=1S/C20H28N4O3/c1-22-9-10-23-11-12-24(14-18(23)19(22)25)20(26)21-15-5-4-8-17(13-15)27-16-6-2-3-7-16/h4-5,8,13,16,18H,2-3,6-7,9-12,14H2,1H3,(H,21,26)/t18-/m1/s1. The zero-order chi connectivity index (χ0) is 18.8. The van der Waals surface area contributed by atoms with Gasteiger partial charge in [-0.05, 0) is 37.8 Å². The number of ether oxygens (including phenoxy) is 1. The molecule has 146 valence electrons. The average molecular weight is 372 g/mol. The number of hydrogen-bond acceptors (Lipinski definition) is 4. The molecular weight excluding hydrogens is 344 g/mol. The fourth-order valence-corrected chi connectivity index (χ4v) is 4.20. The van der Waals surface area contributed by atoms with Crippen molar-refractivity contribution in [1.82, 2.24) is 14.7 Å². The first-order valence-corrected chi connectivity index (χ1v) is 9.92. The maximum absolute atomic E-state index is 12.7. The Kier molecular flexibility index (Phi) is 5.20. The van der Waals surface area contributed by atoms with E-state index in [0.29, 0.717) is 19.2 Å². The fourth-order valence-electron chi connectivity index (χ4n) is 4.20. The molecule has 3 aliphatic rings. The molecule has 0 radical (unpaired) electrons. The Labute approximate surface area is 160 Å². The molecule has 1 aliphatic carbocycles. The van der Waals surface area contributed by atoms with Crippen LogP contribution < -0.4 is 10.1 Å². The lowest BCUT2D eigenvalue weighted by Gasteiger charge is -2.45. The Balaban J connectivity index is 1.37. The van der Waals surface area contributed by atoms with E-state index in [1.54, 1.807) is 9.80 Å². The summed E-state index contributed by atoms with van der Waals surface area (Å²) in [5.74, 6) is 0.902. The van der Waals surface area contributed by atoms with Crippen LogP contribution in [-0.2, 0) is 4.79 Å². The molecule has 2 aliphatic heterocycles. The van der Waals surface area contributed by atoms with Crippen molar-refractivity contribution in [2.45, 2.75) is 37.8 Å². The van der Waals surface area contributed by atoms with E-state index in [0.717, 1.165) is 43.9 Å². The van der Waals surface area contributed by atoms with Gasteiger partial charge in [-0.3, -0.25) is 9.69 Å². The molecule has 0 unspecified atom stereocenters. The van der Waals surface area contributed by atoms with Crippen LogP contribution in [0.15, 0.2) is 24.3 Å². The lowest BCUT2D eigenvalue weighted by Crippen LogP contribution is -2.65. The zero-order valence-electron chi connectivity index (χ0n) is 15.9. The zero-order valence-corrected chi connectivity index (χ0v) is 15.9. The molecule has 2 heterocycles. The van der Waals surface area contributed by atoms with Crippen molar-refractivity contribution in [2.24, 2.45) is 0 Å². The van der Waals surface area contributed by atoms with Crippen molar-refractivity contribution in [3.8, 4) is 5.75 Å². The van der Waals surface area contributed by atoms with Gasteiger partial charge in [-0.25, -0.2) is 4.79 Å². The maximum Gasteiger partial charge on any atom is 0.321 e. The quantitative estimate of drug-likeness (QED) is 0.881. The first-order chi connectivity index (χ1) is 13.1. The number of amides is 3. The van der Waals surface area contributed by atoms with Crippen LogP contribution in [-0.4, -0.2) is 78.6 Å². The van der Waals surface area contributed by atoms with Gasteiger partial charge in [0.25, 0.3) is 0 Å². The van der Waals surface area contributed by atoms with E-state index in [2.05, 4.69) is 10.2 Å². The number of urea groups is 1. The highest BCUT2D eigenvalue weighted by molar-refractivity contribution is 5.91. The SMILES string of the molecule is CN1CCN2CCN(C(=O)Nc3cccc(OC4CCCC4)c3)C[C@@H]2C1=O. The van der Waals surface area contributed by atoms with Crippen LogP contribution in [0, 0.1) is 0 Å². The molecule has 27 heavy (non-hydrogen) atoms. The number of nitrogens with zero attached hydrogens (tertiary/aromatic N) is 3. The molecule has 7 heteroatoms. The first kappa shape index (κ1) is 18.1. The van der Waals surface area contributed by atoms with Gasteiger partial charge in [-0.15, -0.1) is 0 Å². The van der Waals surface area contributed by atoms with E-state index in [9.17, 15) is 9.59 Å². The number of likely N-dealkylation sites (N-methyl/N-ethyl adjacent to an activating group) is 1. The fraction of sp³-hybridized carbons (Fsp3) is 0.600. The molecule has 1 aromatic rings. The summed E-state index contributed by atoms with van der Waals surface area (Å²) in [6.07, 6.45) is 4.94. The second-order valence-corrected chi connectivity index (χ2v) is 7.74. The Morgan fingerprint density at radius 1 is 1.15 bits per heavy atom. The normalized spacial score (nSPS) is 24.0. The minimum Gasteiger partial charge on any atom is -0.490 e. The van der Waals surface area contributed by atoms with Crippen molar-refractivity contribution < 1.29 is 14.3 Å². The molecule has 4 rings (SSSR count). The molecule has 1 saturated carbocycles. The van der Waals surface area contributed by atoms with Gasteiger partial charge in [0.15, 0.2) is 0 Å². The van der Waals surface area contributed by atoms with E-state index in [1.165, 1.54) is 12.8 Å². The number of hydrogen-bond donors (Lipinski definition) is 1. The van der Waals surface area contributed by atoms with Gasteiger partial charge >= 0.3 is 6.03 Å². The van der Waals surface area contributed by atoms with Crippen molar-refractivity contribution in [2.75, 3.05) is 45.1 Å². The van der Waals surface area contributed by atoms with Crippen molar-refractivity contribution in [1.29, 1.82) is 0 Å². The molecule has 1 N–H and O–H groups in total. The summed E-state index contributed by atoms with van der Waals surface area (Å²) in [6, 6.07) is 7.20. The molecule has 0 bridgehead atoms. The summed E-state index contributed by atoms with van der Waals surface area (Å²) in [5, 5.41) is 2.96. The third-order valence-electron chi connectivity index (χ3n) is 5.85. The molecule has 2 saturated heterocycles. The topological polar surface area (TPSA) is 65.1 Å². The van der Waals surface area contributed by atoms with Gasteiger partial charge in [0.2, 0.25) is 5.91 Å². The Bertz CT molecular complexity index is 704. The number of carbonyl (C=O) groups is 2. The average Bonchev–Trinajstić information content (AvgIpc) is 3.18. The minimum atomic E-state index is -0.222. The Morgan fingerprint density at radius 3 is 2.74 bits per heavy atom. The van der Waals surface area contributed by atoms with E-state index in [1.807, 2.05) is 31.3 Å². The number of fused-ring (bicyclic) bond motifs is 1. The lowest BCUT2D eigenvalue weighted by molar-refractivity contribution is -0.142. The molecule has 0 aromatic heterocycles. The lowest BCUT2D eigenvalue weighted by atomic mass is 10.1. The second kappa shape index (κ2) is 7.76. The third-order valence-corrected chi connectivity index (χ3v) is 5.85. The van der Waals surface area contributed by atoms with E-state index < -0.39 is 0 Å². The number of rotatable bonds is 3. The van der Waals surface area contributed by atoms with Crippen LogP contribution in [0.5, 0.6) is 5.75 Å². The van der Waals surface area contributed by atoms with Crippen LogP contribution >= 0.6 is 0 Å². The van der Waals surface area contributed by atoms with Crippen LogP contribution in [0.1, 0.15) is 25.7 Å². The van der Waals surface area contributed by atoms with Crippen molar-refractivity contribution >= 4 is 17.6 Å². The smallest absolute Gasteiger partial charge is 0.321 e. The van der Waals surface area contributed by atoms with Gasteiger partial charge in [-0.1, -0.05) is 6.07 Å². The highest BCUT2D eigenvalue weighted by Gasteiger charge is 2.38. The number of benzene rings is 1. The molecule has 3 fully saturated rings. The number of anilines is 1. The summed E-state index contributed by atoms with van der Waals surface area (Å²) in [7, 11) is 1.83. The van der Waals surface area contributed by atoms with E-state index in [4.69, 9.17) is 4.74 Å². The molecule has 1 aromatic carbocycles. The molecule has 3 amide bonds. The van der Waals surface area contributed by atoms with Crippen LogP contribution in [0.2, 0.25) is 0 Å². The van der Waals surface area contributed by atoms with E-state index >= 15 is 0 Å². The summed E-state index contributed by atoms with van der Waals surface area (Å²) in [5.41, 5.74) is 0.727. The summed E-state index contributed by atoms with van der Waals surface area (Å²) in [4.78, 5) is 30.8. The minimum absolute atomic E-state index is 0.103.